The van der Waals surface area contributed by atoms with Crippen molar-refractivity contribution in [2.45, 2.75) is 136 Å². The second kappa shape index (κ2) is 22.1. The molecule has 0 aliphatic rings. The van der Waals surface area contributed by atoms with Crippen LogP contribution in [0.4, 0.5) is 0 Å². The number of ether oxygens (including phenoxy) is 1. The molecule has 0 radical (unpaired) electrons. The van der Waals surface area contributed by atoms with E-state index < -0.39 is 0 Å². The third-order valence-electron chi connectivity index (χ3n) is 6.19. The Morgan fingerprint density at radius 3 is 1.38 bits per heavy atom. The van der Waals surface area contributed by atoms with Gasteiger partial charge >= 0.3 is 5.97 Å². The SMILES string of the molecule is CCCCCCCCCCCCCCCCCCC(C)(CCCN)C(=O)OC.N. The number of unbranched alkanes of at least 4 members (excludes halogenated alkanes) is 15. The molecular weight excluding hydrogens is 360 g/mol. The maximum Gasteiger partial charge on any atom is 0.311 e. The van der Waals surface area contributed by atoms with Gasteiger partial charge in [0.15, 0.2) is 0 Å². The zero-order chi connectivity index (χ0) is 20.9. The molecule has 0 aliphatic carbocycles. The lowest BCUT2D eigenvalue weighted by Crippen LogP contribution is -2.30. The summed E-state index contributed by atoms with van der Waals surface area (Å²) in [4.78, 5) is 12.1. The Balaban J connectivity index is 0. The first-order valence-corrected chi connectivity index (χ1v) is 12.4. The van der Waals surface area contributed by atoms with Crippen LogP contribution < -0.4 is 11.9 Å². The van der Waals surface area contributed by atoms with Crippen LogP contribution in [0.2, 0.25) is 0 Å². The smallest absolute Gasteiger partial charge is 0.311 e. The molecule has 0 fully saturated rings. The highest BCUT2D eigenvalue weighted by Gasteiger charge is 2.32. The van der Waals surface area contributed by atoms with Gasteiger partial charge in [0.05, 0.1) is 12.5 Å². The first-order chi connectivity index (χ1) is 13.6. The first kappa shape index (κ1) is 30.6. The number of esters is 1. The van der Waals surface area contributed by atoms with E-state index in [0.717, 1.165) is 25.7 Å². The molecule has 0 rings (SSSR count). The normalized spacial score (nSPS) is 13.0. The highest BCUT2D eigenvalue weighted by molar-refractivity contribution is 5.76. The van der Waals surface area contributed by atoms with Crippen molar-refractivity contribution >= 4 is 5.97 Å². The van der Waals surface area contributed by atoms with Crippen LogP contribution in [0.5, 0.6) is 0 Å². The van der Waals surface area contributed by atoms with Crippen molar-refractivity contribution in [1.29, 1.82) is 0 Å². The van der Waals surface area contributed by atoms with Crippen LogP contribution in [-0.2, 0) is 9.53 Å². The molecule has 0 saturated heterocycles. The Morgan fingerprint density at radius 1 is 0.690 bits per heavy atom. The van der Waals surface area contributed by atoms with Crippen molar-refractivity contribution in [2.24, 2.45) is 11.1 Å². The number of carbonyl (C=O) groups excluding carboxylic acids is 1. The molecule has 0 amide bonds. The van der Waals surface area contributed by atoms with Crippen molar-refractivity contribution < 1.29 is 9.53 Å². The average Bonchev–Trinajstić information content (AvgIpc) is 2.71. The molecule has 176 valence electrons. The summed E-state index contributed by atoms with van der Waals surface area (Å²) in [5.41, 5.74) is 5.27. The number of methoxy groups -OCH3 is 1. The Morgan fingerprint density at radius 2 is 1.03 bits per heavy atom. The monoisotopic (exact) mass is 414 g/mol. The lowest BCUT2D eigenvalue weighted by atomic mass is 9.80. The van der Waals surface area contributed by atoms with Crippen LogP contribution in [0.25, 0.3) is 0 Å². The van der Waals surface area contributed by atoms with Crippen molar-refractivity contribution in [3.05, 3.63) is 0 Å². The predicted molar refractivity (Wildman–Crippen MR) is 128 cm³/mol. The van der Waals surface area contributed by atoms with Gasteiger partial charge < -0.3 is 16.6 Å². The third-order valence-corrected chi connectivity index (χ3v) is 6.19. The minimum atomic E-state index is -0.343. The van der Waals surface area contributed by atoms with Gasteiger partial charge in [-0.05, 0) is 32.7 Å². The summed E-state index contributed by atoms with van der Waals surface area (Å²) in [5.74, 6) is -0.0677. The summed E-state index contributed by atoms with van der Waals surface area (Å²) in [6, 6.07) is 0. The molecule has 0 aliphatic heterocycles. The van der Waals surface area contributed by atoms with Crippen LogP contribution in [0.3, 0.4) is 0 Å². The molecule has 0 aromatic rings. The Bertz CT molecular complexity index is 350. The third kappa shape index (κ3) is 17.9. The summed E-state index contributed by atoms with van der Waals surface area (Å²) in [5, 5.41) is 0. The number of rotatable bonds is 21. The van der Waals surface area contributed by atoms with Crippen LogP contribution in [0.1, 0.15) is 136 Å². The molecule has 4 nitrogen and oxygen atoms in total. The summed E-state index contributed by atoms with van der Waals surface area (Å²) >= 11 is 0. The van der Waals surface area contributed by atoms with Crippen LogP contribution in [-0.4, -0.2) is 19.6 Å². The van der Waals surface area contributed by atoms with Gasteiger partial charge in [-0.25, -0.2) is 0 Å². The van der Waals surface area contributed by atoms with E-state index in [1.165, 1.54) is 103 Å². The minimum Gasteiger partial charge on any atom is -0.469 e. The molecule has 0 aromatic carbocycles. The van der Waals surface area contributed by atoms with E-state index in [1.807, 2.05) is 6.92 Å². The van der Waals surface area contributed by atoms with Gasteiger partial charge in [-0.15, -0.1) is 0 Å². The van der Waals surface area contributed by atoms with E-state index in [9.17, 15) is 4.79 Å². The Labute approximate surface area is 182 Å². The van der Waals surface area contributed by atoms with Crippen molar-refractivity contribution in [3.63, 3.8) is 0 Å². The standard InChI is InChI=1S/C25H51NO2.H3N/c1-4-5-6-7-8-9-10-11-12-13-14-15-16-17-18-19-21-25(2,22-20-23-26)24(27)28-3;/h4-23,26H2,1-3H3;1H3. The van der Waals surface area contributed by atoms with Gasteiger partial charge in [0.25, 0.3) is 0 Å². The maximum absolute atomic E-state index is 12.1. The summed E-state index contributed by atoms with van der Waals surface area (Å²) in [6.07, 6.45) is 24.7. The fourth-order valence-corrected chi connectivity index (χ4v) is 4.13. The molecule has 4 heteroatoms. The van der Waals surface area contributed by atoms with Crippen molar-refractivity contribution in [3.8, 4) is 0 Å². The number of nitrogens with two attached hydrogens (primary N) is 1. The second-order valence-electron chi connectivity index (χ2n) is 9.00. The van der Waals surface area contributed by atoms with Gasteiger partial charge in [-0.1, -0.05) is 110 Å². The summed E-state index contributed by atoms with van der Waals surface area (Å²) in [6.45, 7) is 4.97. The molecule has 0 spiro atoms. The molecule has 0 heterocycles. The second-order valence-corrected chi connectivity index (χ2v) is 9.00. The fourth-order valence-electron chi connectivity index (χ4n) is 4.13. The molecule has 1 unspecified atom stereocenters. The highest BCUT2D eigenvalue weighted by Crippen LogP contribution is 2.31. The van der Waals surface area contributed by atoms with E-state index in [4.69, 9.17) is 10.5 Å². The van der Waals surface area contributed by atoms with Crippen LogP contribution >= 0.6 is 0 Å². The molecule has 0 saturated carbocycles. The molecule has 0 bridgehead atoms. The molecule has 5 N–H and O–H groups in total. The molecule has 0 aromatic heterocycles. The topological polar surface area (TPSA) is 87.3 Å². The fraction of sp³-hybridized carbons (Fsp3) is 0.960. The van der Waals surface area contributed by atoms with Crippen molar-refractivity contribution in [1.82, 2.24) is 6.15 Å². The van der Waals surface area contributed by atoms with Crippen LogP contribution in [0.15, 0.2) is 0 Å². The van der Waals surface area contributed by atoms with Gasteiger partial charge in [0.2, 0.25) is 0 Å². The van der Waals surface area contributed by atoms with E-state index >= 15 is 0 Å². The van der Waals surface area contributed by atoms with Crippen molar-refractivity contribution in [2.75, 3.05) is 13.7 Å². The maximum atomic E-state index is 12.1. The molecule has 29 heavy (non-hydrogen) atoms. The number of hydrogen-bond acceptors (Lipinski definition) is 4. The predicted octanol–water partition coefficient (Wildman–Crippen LogP) is 7.72. The quantitative estimate of drug-likeness (QED) is 0.149. The largest absolute Gasteiger partial charge is 0.469 e. The first-order valence-electron chi connectivity index (χ1n) is 12.4. The van der Waals surface area contributed by atoms with E-state index in [2.05, 4.69) is 6.92 Å². The zero-order valence-electron chi connectivity index (χ0n) is 20.2. The molecule has 1 atom stereocenters. The van der Waals surface area contributed by atoms with E-state index in [0.29, 0.717) is 6.54 Å². The number of carbonyl (C=O) groups is 1. The number of hydrogen-bond donors (Lipinski definition) is 2. The molecular formula is C25H54N2O2. The van der Waals surface area contributed by atoms with Crippen LogP contribution in [0, 0.1) is 5.41 Å². The zero-order valence-corrected chi connectivity index (χ0v) is 20.2. The highest BCUT2D eigenvalue weighted by atomic mass is 16.5. The lowest BCUT2D eigenvalue weighted by molar-refractivity contribution is -0.152. The Hall–Kier alpha value is -0.610. The summed E-state index contributed by atoms with van der Waals surface area (Å²) < 4.78 is 5.01. The van der Waals surface area contributed by atoms with Gasteiger partial charge in [0.1, 0.15) is 0 Å². The Kier molecular flexibility index (Phi) is 23.3. The average molecular weight is 415 g/mol. The minimum absolute atomic E-state index is 0. The van der Waals surface area contributed by atoms with E-state index in [1.54, 1.807) is 0 Å². The van der Waals surface area contributed by atoms with Gasteiger partial charge in [0, 0.05) is 0 Å². The summed E-state index contributed by atoms with van der Waals surface area (Å²) in [7, 11) is 1.50. The van der Waals surface area contributed by atoms with Gasteiger partial charge in [-0.3, -0.25) is 4.79 Å². The van der Waals surface area contributed by atoms with Gasteiger partial charge in [-0.2, -0.15) is 0 Å². The lowest BCUT2D eigenvalue weighted by Gasteiger charge is -2.26. The van der Waals surface area contributed by atoms with E-state index in [-0.39, 0.29) is 17.5 Å².